The topological polar surface area (TPSA) is 33.2 Å². The summed E-state index contributed by atoms with van der Waals surface area (Å²) in [6, 6.07) is 11.1. The smallest absolute Gasteiger partial charge is 0.227 e. The normalized spacial score (nSPS) is 14.8. The summed E-state index contributed by atoms with van der Waals surface area (Å²) in [5, 5.41) is 0. The third-order valence-electron chi connectivity index (χ3n) is 6.75. The Morgan fingerprint density at radius 2 is 1.08 bits per heavy atom. The lowest BCUT2D eigenvalue weighted by Crippen LogP contribution is -2.43. The van der Waals surface area contributed by atoms with Crippen LogP contribution in [0.15, 0.2) is 30.3 Å². The molecule has 3 rings (SSSR count). The number of benzene rings is 1. The van der Waals surface area contributed by atoms with E-state index in [4.69, 9.17) is 0 Å². The standard InChI is InChI=1S/C12H18.C11H21NO.C11H17N/c1-9-6-10(2)8-11(7-9)12(3,4)5;1-9-5-7-12(8-6-9)10(13)11(2,3)4;1-8-6-10(11(3,4)5)7-9(2)12-8/h6-8H,1-5H3;9H,5-8H2,1-4H3;6-7H,1-5H3. The molecule has 0 unspecified atom stereocenters. The maximum atomic E-state index is 11.9. The average molecular weight is 509 g/mol. The first-order chi connectivity index (χ1) is 16.7. The molecule has 1 aliphatic heterocycles. The lowest BCUT2D eigenvalue weighted by atomic mass is 9.85. The van der Waals surface area contributed by atoms with E-state index in [-0.39, 0.29) is 16.2 Å². The van der Waals surface area contributed by atoms with Crippen LogP contribution in [0.4, 0.5) is 0 Å². The maximum absolute atomic E-state index is 11.9. The first kappa shape index (κ1) is 32.9. The Bertz CT molecular complexity index is 906. The predicted molar refractivity (Wildman–Crippen MR) is 161 cm³/mol. The molecule has 1 aliphatic rings. The van der Waals surface area contributed by atoms with E-state index in [1.165, 1.54) is 35.1 Å². The Balaban J connectivity index is 0.000000278. The number of carbonyl (C=O) groups excluding carboxylic acids is 1. The summed E-state index contributed by atoms with van der Waals surface area (Å²) in [4.78, 5) is 18.2. The fourth-order valence-electron chi connectivity index (χ4n) is 4.36. The van der Waals surface area contributed by atoms with E-state index in [0.717, 1.165) is 30.4 Å². The second-order valence-electron chi connectivity index (χ2n) is 14.2. The van der Waals surface area contributed by atoms with E-state index in [9.17, 15) is 4.79 Å². The molecule has 1 amide bonds. The van der Waals surface area contributed by atoms with Crippen LogP contribution in [0, 0.1) is 39.0 Å². The Morgan fingerprint density at radius 3 is 1.43 bits per heavy atom. The summed E-state index contributed by atoms with van der Waals surface area (Å²) in [7, 11) is 0. The van der Waals surface area contributed by atoms with Crippen molar-refractivity contribution in [3.8, 4) is 0 Å². The number of nitrogens with zero attached hydrogens (tertiary/aromatic N) is 2. The van der Waals surface area contributed by atoms with Gasteiger partial charge in [-0.1, -0.05) is 98.6 Å². The van der Waals surface area contributed by atoms with Crippen molar-refractivity contribution < 1.29 is 4.79 Å². The van der Waals surface area contributed by atoms with Crippen LogP contribution >= 0.6 is 0 Å². The highest BCUT2D eigenvalue weighted by molar-refractivity contribution is 5.81. The highest BCUT2D eigenvalue weighted by Gasteiger charge is 2.29. The van der Waals surface area contributed by atoms with Gasteiger partial charge in [0.1, 0.15) is 0 Å². The van der Waals surface area contributed by atoms with Gasteiger partial charge in [0.25, 0.3) is 0 Å². The Morgan fingerprint density at radius 1 is 0.703 bits per heavy atom. The van der Waals surface area contributed by atoms with Gasteiger partial charge in [0, 0.05) is 29.9 Å². The zero-order chi connectivity index (χ0) is 28.8. The monoisotopic (exact) mass is 508 g/mol. The predicted octanol–water partition coefficient (Wildman–Crippen LogP) is 8.89. The van der Waals surface area contributed by atoms with Crippen molar-refractivity contribution in [2.75, 3.05) is 13.1 Å². The number of aromatic nitrogens is 1. The minimum Gasteiger partial charge on any atom is -0.342 e. The molecular formula is C34H56N2O. The Kier molecular flexibility index (Phi) is 11.6. The molecule has 208 valence electrons. The largest absolute Gasteiger partial charge is 0.342 e. The van der Waals surface area contributed by atoms with Gasteiger partial charge >= 0.3 is 0 Å². The number of likely N-dealkylation sites (tertiary alicyclic amines) is 1. The molecule has 0 saturated carbocycles. The number of hydrogen-bond acceptors (Lipinski definition) is 2. The molecule has 2 heterocycles. The quantitative estimate of drug-likeness (QED) is 0.356. The third kappa shape index (κ3) is 11.8. The van der Waals surface area contributed by atoms with Crippen LogP contribution in [-0.2, 0) is 15.6 Å². The molecule has 2 aromatic rings. The molecule has 1 aromatic heterocycles. The van der Waals surface area contributed by atoms with Gasteiger partial charge in [-0.2, -0.15) is 0 Å². The molecule has 37 heavy (non-hydrogen) atoms. The number of hydrogen-bond donors (Lipinski definition) is 0. The van der Waals surface area contributed by atoms with Gasteiger partial charge in [-0.25, -0.2) is 0 Å². The van der Waals surface area contributed by atoms with E-state index in [1.807, 2.05) is 39.5 Å². The third-order valence-corrected chi connectivity index (χ3v) is 6.75. The van der Waals surface area contributed by atoms with Gasteiger partial charge in [0.2, 0.25) is 5.91 Å². The lowest BCUT2D eigenvalue weighted by Gasteiger charge is -2.34. The molecule has 1 saturated heterocycles. The summed E-state index contributed by atoms with van der Waals surface area (Å²) in [5.41, 5.74) is 8.04. The number of amides is 1. The summed E-state index contributed by atoms with van der Waals surface area (Å²) in [6.45, 7) is 32.0. The molecule has 1 fully saturated rings. The molecule has 0 radical (unpaired) electrons. The van der Waals surface area contributed by atoms with Gasteiger partial charge in [0.15, 0.2) is 0 Å². The zero-order valence-corrected chi connectivity index (χ0v) is 26.6. The van der Waals surface area contributed by atoms with Gasteiger partial charge in [-0.3, -0.25) is 9.78 Å². The Labute approximate surface area is 229 Å². The first-order valence-electron chi connectivity index (χ1n) is 14.0. The number of pyridine rings is 1. The number of rotatable bonds is 0. The van der Waals surface area contributed by atoms with Crippen LogP contribution in [0.25, 0.3) is 0 Å². The molecule has 1 aromatic carbocycles. The zero-order valence-electron chi connectivity index (χ0n) is 26.6. The second-order valence-corrected chi connectivity index (χ2v) is 14.2. The van der Waals surface area contributed by atoms with E-state index < -0.39 is 0 Å². The molecule has 0 aliphatic carbocycles. The van der Waals surface area contributed by atoms with Gasteiger partial charge in [-0.15, -0.1) is 0 Å². The molecule has 0 bridgehead atoms. The van der Waals surface area contributed by atoms with Crippen molar-refractivity contribution in [2.45, 2.75) is 121 Å². The molecular weight excluding hydrogens is 452 g/mol. The number of piperidine rings is 1. The van der Waals surface area contributed by atoms with E-state index in [2.05, 4.69) is 97.6 Å². The Hall–Kier alpha value is -2.16. The van der Waals surface area contributed by atoms with Crippen LogP contribution in [-0.4, -0.2) is 28.9 Å². The summed E-state index contributed by atoms with van der Waals surface area (Å²) >= 11 is 0. The van der Waals surface area contributed by atoms with Crippen molar-refractivity contribution in [3.63, 3.8) is 0 Å². The van der Waals surface area contributed by atoms with Crippen LogP contribution in [0.3, 0.4) is 0 Å². The van der Waals surface area contributed by atoms with Crippen molar-refractivity contribution in [3.05, 3.63) is 64.0 Å². The van der Waals surface area contributed by atoms with Crippen LogP contribution in [0.1, 0.15) is 116 Å². The van der Waals surface area contributed by atoms with Gasteiger partial charge in [-0.05, 0) is 80.5 Å². The molecule has 3 nitrogen and oxygen atoms in total. The minimum atomic E-state index is -0.208. The van der Waals surface area contributed by atoms with Gasteiger partial charge in [0.05, 0.1) is 0 Å². The van der Waals surface area contributed by atoms with E-state index in [1.54, 1.807) is 0 Å². The van der Waals surface area contributed by atoms with E-state index in [0.29, 0.717) is 5.91 Å². The highest BCUT2D eigenvalue weighted by Crippen LogP contribution is 2.25. The summed E-state index contributed by atoms with van der Waals surface area (Å²) < 4.78 is 0. The van der Waals surface area contributed by atoms with Gasteiger partial charge < -0.3 is 4.90 Å². The first-order valence-corrected chi connectivity index (χ1v) is 14.0. The summed E-state index contributed by atoms with van der Waals surface area (Å²) in [6.07, 6.45) is 2.34. The van der Waals surface area contributed by atoms with Crippen LogP contribution < -0.4 is 0 Å². The second kappa shape index (κ2) is 13.1. The number of carbonyl (C=O) groups is 1. The van der Waals surface area contributed by atoms with E-state index >= 15 is 0 Å². The molecule has 0 atom stereocenters. The fourth-order valence-corrected chi connectivity index (χ4v) is 4.36. The van der Waals surface area contributed by atoms with Crippen LogP contribution in [0.2, 0.25) is 0 Å². The highest BCUT2D eigenvalue weighted by atomic mass is 16.2. The maximum Gasteiger partial charge on any atom is 0.227 e. The molecule has 0 spiro atoms. The lowest BCUT2D eigenvalue weighted by molar-refractivity contribution is -0.140. The van der Waals surface area contributed by atoms with Crippen molar-refractivity contribution in [1.82, 2.24) is 9.88 Å². The molecule has 3 heteroatoms. The SMILES string of the molecule is CC1CCN(C(=O)C(C)(C)C)CC1.Cc1cc(C(C)(C)C)cc(C)n1.Cc1cc(C)cc(C(C)(C)C)c1. The minimum absolute atomic E-state index is 0.208. The van der Waals surface area contributed by atoms with Crippen molar-refractivity contribution >= 4 is 5.91 Å². The van der Waals surface area contributed by atoms with Crippen molar-refractivity contribution in [2.24, 2.45) is 11.3 Å². The average Bonchev–Trinajstić information content (AvgIpc) is 2.71. The van der Waals surface area contributed by atoms with Crippen molar-refractivity contribution in [1.29, 1.82) is 0 Å². The van der Waals surface area contributed by atoms with Crippen LogP contribution in [0.5, 0.6) is 0 Å². The fraction of sp³-hybridized carbons (Fsp3) is 0.647. The molecule has 0 N–H and O–H groups in total. The number of aryl methyl sites for hydroxylation is 4. The summed E-state index contributed by atoms with van der Waals surface area (Å²) in [5.74, 6) is 1.10.